The van der Waals surface area contributed by atoms with Crippen molar-refractivity contribution in [2.75, 3.05) is 50.8 Å². The fourth-order valence-corrected chi connectivity index (χ4v) is 6.39. The number of rotatable bonds is 10. The summed E-state index contributed by atoms with van der Waals surface area (Å²) in [5, 5.41) is 5.60. The van der Waals surface area contributed by atoms with Gasteiger partial charge in [0.1, 0.15) is 5.60 Å². The van der Waals surface area contributed by atoms with Crippen LogP contribution in [0.1, 0.15) is 57.2 Å². The van der Waals surface area contributed by atoms with Gasteiger partial charge in [-0.15, -0.1) is 0 Å². The molecular weight excluding hydrogens is 552 g/mol. The summed E-state index contributed by atoms with van der Waals surface area (Å²) in [5.41, 5.74) is 4.67. The molecule has 4 aromatic rings. The lowest BCUT2D eigenvalue weighted by atomic mass is 9.93. The number of esters is 1. The number of morpholine rings is 1. The zero-order valence-corrected chi connectivity index (χ0v) is 26.2. The molecule has 2 fully saturated rings. The van der Waals surface area contributed by atoms with Gasteiger partial charge < -0.3 is 19.3 Å². The van der Waals surface area contributed by atoms with E-state index in [4.69, 9.17) is 14.5 Å². The van der Waals surface area contributed by atoms with E-state index in [2.05, 4.69) is 56.3 Å². The van der Waals surface area contributed by atoms with Crippen LogP contribution in [0.5, 0.6) is 0 Å². The molecule has 0 radical (unpaired) electrons. The Balaban J connectivity index is 1.19. The minimum atomic E-state index is -0.525. The normalized spacial score (nSPS) is 18.5. The Kier molecular flexibility index (Phi) is 9.23. The molecule has 2 atom stereocenters. The number of hydrogen-bond acceptors (Lipinski definition) is 8. The van der Waals surface area contributed by atoms with Crippen molar-refractivity contribution in [3.63, 3.8) is 0 Å². The van der Waals surface area contributed by atoms with Crippen molar-refractivity contribution in [2.24, 2.45) is 5.92 Å². The van der Waals surface area contributed by atoms with E-state index in [-0.39, 0.29) is 11.9 Å². The highest BCUT2D eigenvalue weighted by molar-refractivity contribution is 5.74. The van der Waals surface area contributed by atoms with Gasteiger partial charge >= 0.3 is 5.97 Å². The summed E-state index contributed by atoms with van der Waals surface area (Å²) in [6, 6.07) is 16.8. The Morgan fingerprint density at radius 3 is 2.68 bits per heavy atom. The highest BCUT2D eigenvalue weighted by Crippen LogP contribution is 2.32. The van der Waals surface area contributed by atoms with Gasteiger partial charge in [0.15, 0.2) is 5.65 Å². The number of likely N-dealkylation sites (tertiary alicyclic amines) is 1. The van der Waals surface area contributed by atoms with Gasteiger partial charge in [-0.25, -0.2) is 14.6 Å². The molecule has 2 aliphatic heterocycles. The van der Waals surface area contributed by atoms with Crippen LogP contribution in [0.4, 0.5) is 5.69 Å². The van der Waals surface area contributed by atoms with Gasteiger partial charge in [0.2, 0.25) is 0 Å². The molecule has 9 heteroatoms. The maximum Gasteiger partial charge on any atom is 0.306 e. The number of fused-ring (bicyclic) bond motifs is 1. The van der Waals surface area contributed by atoms with Crippen LogP contribution in [0, 0.1) is 5.92 Å². The molecule has 0 bridgehead atoms. The van der Waals surface area contributed by atoms with E-state index in [0.717, 1.165) is 85.7 Å². The molecule has 44 heavy (non-hydrogen) atoms. The number of carbonyl (C=O) groups is 1. The molecule has 9 nitrogen and oxygen atoms in total. The Morgan fingerprint density at radius 1 is 1.05 bits per heavy atom. The first-order valence-corrected chi connectivity index (χ1v) is 15.9. The fraction of sp³-hybridized carbons (Fsp3) is 0.486. The van der Waals surface area contributed by atoms with E-state index in [1.165, 1.54) is 0 Å². The van der Waals surface area contributed by atoms with Crippen molar-refractivity contribution in [1.82, 2.24) is 24.6 Å². The predicted octanol–water partition coefficient (Wildman–Crippen LogP) is 5.42. The second kappa shape index (κ2) is 13.4. The molecule has 2 aliphatic rings. The molecule has 2 saturated heterocycles. The smallest absolute Gasteiger partial charge is 0.306 e. The van der Waals surface area contributed by atoms with Crippen LogP contribution < -0.4 is 4.90 Å². The number of aromatic nitrogens is 4. The maximum atomic E-state index is 13.2. The summed E-state index contributed by atoms with van der Waals surface area (Å²) >= 11 is 0. The molecule has 5 heterocycles. The van der Waals surface area contributed by atoms with Gasteiger partial charge in [0, 0.05) is 67.5 Å². The van der Waals surface area contributed by atoms with Crippen LogP contribution in [-0.4, -0.2) is 82.2 Å². The lowest BCUT2D eigenvalue weighted by Crippen LogP contribution is -2.36. The number of ether oxygens (including phenoxy) is 2. The second-order valence-electron chi connectivity index (χ2n) is 13.1. The van der Waals surface area contributed by atoms with Crippen LogP contribution in [0.2, 0.25) is 0 Å². The van der Waals surface area contributed by atoms with Gasteiger partial charge in [0.25, 0.3) is 0 Å². The number of nitrogens with zero attached hydrogens (tertiary/aromatic N) is 6. The van der Waals surface area contributed by atoms with Crippen molar-refractivity contribution >= 4 is 22.7 Å². The van der Waals surface area contributed by atoms with Gasteiger partial charge in [-0.2, -0.15) is 5.10 Å². The summed E-state index contributed by atoms with van der Waals surface area (Å²) in [5.74, 6) is 0.427. The molecule has 0 N–H and O–H groups in total. The number of anilines is 1. The average molecular weight is 597 g/mol. The van der Waals surface area contributed by atoms with Gasteiger partial charge in [-0.3, -0.25) is 4.79 Å². The standard InChI is InChI=1S/C35H44N6O3/c1-35(2,3)44-33(42)22-29(28-20-31(40-16-18-43-19-17-40)23-32(21-28)41-14-5-13-37-41)25-39-15-11-26(24-39)7-9-30-10-8-27-6-4-12-36-34(27)38-30/h4-6,8,10,12-14,20-21,23,26,29H,7,9,11,15-19,22,24-25H2,1-3H3/t26-,29?/m1/s1. The van der Waals surface area contributed by atoms with Crippen LogP contribution in [0.3, 0.4) is 0 Å². The van der Waals surface area contributed by atoms with Crippen LogP contribution in [0.15, 0.2) is 67.1 Å². The lowest BCUT2D eigenvalue weighted by Gasteiger charge is -2.31. The third-order valence-corrected chi connectivity index (χ3v) is 8.55. The number of pyridine rings is 2. The van der Waals surface area contributed by atoms with Crippen molar-refractivity contribution in [3.8, 4) is 5.69 Å². The van der Waals surface area contributed by atoms with Gasteiger partial charge in [-0.05, 0) is 107 Å². The van der Waals surface area contributed by atoms with Crippen LogP contribution in [0.25, 0.3) is 16.7 Å². The lowest BCUT2D eigenvalue weighted by molar-refractivity contribution is -0.155. The van der Waals surface area contributed by atoms with Crippen LogP contribution >= 0.6 is 0 Å². The van der Waals surface area contributed by atoms with E-state index < -0.39 is 5.60 Å². The summed E-state index contributed by atoms with van der Waals surface area (Å²) in [6.07, 6.45) is 9.09. The molecule has 0 amide bonds. The Labute approximate surface area is 260 Å². The second-order valence-corrected chi connectivity index (χ2v) is 13.1. The average Bonchev–Trinajstić information content (AvgIpc) is 3.72. The fourth-order valence-electron chi connectivity index (χ4n) is 6.39. The van der Waals surface area contributed by atoms with E-state index >= 15 is 0 Å². The summed E-state index contributed by atoms with van der Waals surface area (Å²) in [6.45, 7) is 11.7. The van der Waals surface area contributed by atoms with E-state index in [1.54, 1.807) is 12.4 Å². The number of hydrogen-bond donors (Lipinski definition) is 0. The minimum Gasteiger partial charge on any atom is -0.460 e. The zero-order chi connectivity index (χ0) is 30.5. The molecule has 3 aromatic heterocycles. The highest BCUT2D eigenvalue weighted by atomic mass is 16.6. The van der Waals surface area contributed by atoms with Crippen molar-refractivity contribution in [1.29, 1.82) is 0 Å². The quantitative estimate of drug-likeness (QED) is 0.224. The van der Waals surface area contributed by atoms with Crippen molar-refractivity contribution < 1.29 is 14.3 Å². The first-order chi connectivity index (χ1) is 21.3. The Bertz CT molecular complexity index is 1540. The maximum absolute atomic E-state index is 13.2. The van der Waals surface area contributed by atoms with Gasteiger partial charge in [-0.1, -0.05) is 0 Å². The van der Waals surface area contributed by atoms with Crippen LogP contribution in [-0.2, 0) is 20.7 Å². The van der Waals surface area contributed by atoms with E-state index in [9.17, 15) is 4.79 Å². The monoisotopic (exact) mass is 596 g/mol. The molecule has 0 aliphatic carbocycles. The molecule has 0 saturated carbocycles. The highest BCUT2D eigenvalue weighted by Gasteiger charge is 2.29. The molecular formula is C35H44N6O3. The van der Waals surface area contributed by atoms with E-state index in [0.29, 0.717) is 25.6 Å². The molecule has 1 aromatic carbocycles. The van der Waals surface area contributed by atoms with Crippen molar-refractivity contribution in [3.05, 3.63) is 78.4 Å². The molecule has 232 valence electrons. The summed E-state index contributed by atoms with van der Waals surface area (Å²) in [7, 11) is 0. The first-order valence-electron chi connectivity index (χ1n) is 15.9. The largest absolute Gasteiger partial charge is 0.460 e. The number of benzene rings is 1. The predicted molar refractivity (Wildman–Crippen MR) is 172 cm³/mol. The SMILES string of the molecule is CC(C)(C)OC(=O)CC(CN1CC[C@@H](CCc2ccc3cccnc3n2)C1)c1cc(N2CCOCC2)cc(-n2cccn2)c1. The molecule has 1 unspecified atom stereocenters. The number of aryl methyl sites for hydroxylation is 1. The van der Waals surface area contributed by atoms with Crippen molar-refractivity contribution in [2.45, 2.75) is 58.0 Å². The Hall–Kier alpha value is -3.82. The third kappa shape index (κ3) is 7.81. The van der Waals surface area contributed by atoms with Gasteiger partial charge in [0.05, 0.1) is 25.3 Å². The zero-order valence-electron chi connectivity index (χ0n) is 26.2. The summed E-state index contributed by atoms with van der Waals surface area (Å²) < 4.78 is 13.4. The Morgan fingerprint density at radius 2 is 1.89 bits per heavy atom. The van der Waals surface area contributed by atoms with E-state index in [1.807, 2.05) is 43.8 Å². The third-order valence-electron chi connectivity index (χ3n) is 8.55. The number of carbonyl (C=O) groups excluding carboxylic acids is 1. The summed E-state index contributed by atoms with van der Waals surface area (Å²) in [4.78, 5) is 27.3. The topological polar surface area (TPSA) is 85.6 Å². The minimum absolute atomic E-state index is 0.00729. The molecule has 0 spiro atoms. The first kappa shape index (κ1) is 30.2. The molecule has 6 rings (SSSR count).